The summed E-state index contributed by atoms with van der Waals surface area (Å²) in [5.41, 5.74) is 7.83. The van der Waals surface area contributed by atoms with E-state index in [0.29, 0.717) is 11.8 Å². The molecule has 1 saturated heterocycles. The number of H-pyrrole nitrogens is 1. The predicted octanol–water partition coefficient (Wildman–Crippen LogP) is 4.13. The van der Waals surface area contributed by atoms with Crippen LogP contribution in [0.3, 0.4) is 0 Å². The summed E-state index contributed by atoms with van der Waals surface area (Å²) in [5.74, 6) is 3.96. The van der Waals surface area contributed by atoms with Gasteiger partial charge in [-0.3, -0.25) is 5.10 Å². The number of piperidine rings is 1. The van der Waals surface area contributed by atoms with Gasteiger partial charge in [0, 0.05) is 36.3 Å². The Morgan fingerprint density at radius 1 is 1.43 bits per heavy atom. The van der Waals surface area contributed by atoms with Crippen molar-refractivity contribution in [1.29, 1.82) is 0 Å². The minimum atomic E-state index is 0.0817. The molecule has 0 aromatic carbocycles. The van der Waals surface area contributed by atoms with Gasteiger partial charge < -0.3 is 16.0 Å². The van der Waals surface area contributed by atoms with E-state index in [9.17, 15) is 0 Å². The van der Waals surface area contributed by atoms with E-state index in [0.717, 1.165) is 37.0 Å². The first kappa shape index (κ1) is 19.2. The van der Waals surface area contributed by atoms with Crippen LogP contribution in [0.2, 0.25) is 0 Å². The Morgan fingerprint density at radius 2 is 2.25 bits per heavy atom. The van der Waals surface area contributed by atoms with Crippen LogP contribution in [0, 0.1) is 5.92 Å². The van der Waals surface area contributed by atoms with E-state index in [-0.39, 0.29) is 5.54 Å². The van der Waals surface area contributed by atoms with Gasteiger partial charge in [0.15, 0.2) is 5.82 Å². The topological polar surface area (TPSA) is 82.3 Å². The fourth-order valence-electron chi connectivity index (χ4n) is 4.16. The minimum Gasteiger partial charge on any atom is -0.356 e. The lowest BCUT2D eigenvalue weighted by molar-refractivity contribution is 0.185. The van der Waals surface area contributed by atoms with Crippen LogP contribution in [0.5, 0.6) is 0 Å². The highest BCUT2D eigenvalue weighted by Gasteiger charge is 2.46. The lowest BCUT2D eigenvalue weighted by Crippen LogP contribution is -2.44. The number of anilines is 1. The summed E-state index contributed by atoms with van der Waals surface area (Å²) in [5, 5.41) is 11.0. The van der Waals surface area contributed by atoms with Crippen LogP contribution in [-0.2, 0) is 0 Å². The average molecular weight is 383 g/mol. The van der Waals surface area contributed by atoms with Gasteiger partial charge >= 0.3 is 0 Å². The Kier molecular flexibility index (Phi) is 5.58. The molecule has 1 aromatic rings. The van der Waals surface area contributed by atoms with Crippen LogP contribution in [0.25, 0.3) is 0 Å². The SMILES string of the molecule is C\C=C/C(=N\C(=C\CC)N1CCCC(C2(N)CC2)C1)Nc1cc(C2CC2)[nH]n1. The second-order valence-electron chi connectivity index (χ2n) is 8.59. The van der Waals surface area contributed by atoms with E-state index in [1.54, 1.807) is 0 Å². The van der Waals surface area contributed by atoms with Crippen molar-refractivity contribution in [3.8, 4) is 0 Å². The Labute approximate surface area is 168 Å². The molecule has 1 aromatic heterocycles. The third-order valence-electron chi connectivity index (χ3n) is 6.20. The van der Waals surface area contributed by atoms with Gasteiger partial charge in [0.05, 0.1) is 0 Å². The number of allylic oxidation sites excluding steroid dienone is 2. The van der Waals surface area contributed by atoms with E-state index in [1.807, 2.05) is 19.1 Å². The van der Waals surface area contributed by atoms with Crippen molar-refractivity contribution < 1.29 is 0 Å². The molecule has 0 radical (unpaired) electrons. The van der Waals surface area contributed by atoms with Gasteiger partial charge in [-0.2, -0.15) is 5.10 Å². The number of nitrogens with one attached hydrogen (secondary N) is 2. The van der Waals surface area contributed by atoms with Gasteiger partial charge in [0.1, 0.15) is 11.7 Å². The number of hydrogen-bond donors (Lipinski definition) is 3. The highest BCUT2D eigenvalue weighted by atomic mass is 15.3. The summed E-state index contributed by atoms with van der Waals surface area (Å²) in [6, 6.07) is 2.11. The van der Waals surface area contributed by atoms with E-state index in [2.05, 4.69) is 39.5 Å². The molecule has 1 atom stereocenters. The van der Waals surface area contributed by atoms with E-state index in [1.165, 1.54) is 44.2 Å². The van der Waals surface area contributed by atoms with Gasteiger partial charge in [-0.25, -0.2) is 4.99 Å². The van der Waals surface area contributed by atoms with Crippen LogP contribution in [0.4, 0.5) is 5.82 Å². The van der Waals surface area contributed by atoms with E-state index < -0.39 is 0 Å². The van der Waals surface area contributed by atoms with Crippen molar-refractivity contribution in [2.45, 2.75) is 70.3 Å². The third kappa shape index (κ3) is 4.49. The molecular weight excluding hydrogens is 348 g/mol. The molecule has 6 heteroatoms. The standard InChI is InChI=1S/C22H34N6/c1-3-6-19(24-20-14-18(26-27-20)16-9-10-16)25-21(7-4-2)28-13-5-8-17(15-28)22(23)11-12-22/h3,6-7,14,16-17H,4-5,8-13,15,23H2,1-2H3,(H2,24,25,26,27)/b6-3-,21-7-. The first-order valence-corrected chi connectivity index (χ1v) is 10.9. The average Bonchev–Trinajstić information content (AvgIpc) is 3.63. The second-order valence-corrected chi connectivity index (χ2v) is 8.59. The summed E-state index contributed by atoms with van der Waals surface area (Å²) in [4.78, 5) is 7.42. The zero-order valence-electron chi connectivity index (χ0n) is 17.2. The molecule has 3 fully saturated rings. The molecule has 1 unspecified atom stereocenters. The Hall–Kier alpha value is -2.08. The molecule has 0 bridgehead atoms. The van der Waals surface area contributed by atoms with E-state index in [4.69, 9.17) is 10.7 Å². The number of aromatic nitrogens is 2. The van der Waals surface area contributed by atoms with Crippen molar-refractivity contribution in [2.75, 3.05) is 18.4 Å². The van der Waals surface area contributed by atoms with Crippen LogP contribution >= 0.6 is 0 Å². The first-order chi connectivity index (χ1) is 13.6. The third-order valence-corrected chi connectivity index (χ3v) is 6.20. The number of aromatic amines is 1. The fourth-order valence-corrected chi connectivity index (χ4v) is 4.16. The number of amidine groups is 1. The van der Waals surface area contributed by atoms with E-state index >= 15 is 0 Å². The maximum atomic E-state index is 6.52. The van der Waals surface area contributed by atoms with Crippen molar-refractivity contribution >= 4 is 11.7 Å². The number of hydrogen-bond acceptors (Lipinski definition) is 4. The highest BCUT2D eigenvalue weighted by molar-refractivity contribution is 6.03. The molecule has 6 nitrogen and oxygen atoms in total. The smallest absolute Gasteiger partial charge is 0.153 e. The zero-order chi connectivity index (χ0) is 19.6. The summed E-state index contributed by atoms with van der Waals surface area (Å²) in [6.45, 7) is 6.26. The first-order valence-electron chi connectivity index (χ1n) is 10.9. The number of nitrogens with zero attached hydrogens (tertiary/aromatic N) is 3. The van der Waals surface area contributed by atoms with Crippen LogP contribution in [0.15, 0.2) is 35.1 Å². The van der Waals surface area contributed by atoms with Crippen LogP contribution in [0.1, 0.15) is 70.4 Å². The molecule has 2 saturated carbocycles. The zero-order valence-corrected chi connectivity index (χ0v) is 17.2. The normalized spacial score (nSPS) is 25.4. The second kappa shape index (κ2) is 8.11. The fraction of sp³-hybridized carbons (Fsp3) is 0.636. The Balaban J connectivity index is 1.50. The molecule has 0 spiro atoms. The molecular formula is C22H34N6. The molecule has 152 valence electrons. The number of likely N-dealkylation sites (tertiary alicyclic amines) is 1. The summed E-state index contributed by atoms with van der Waals surface area (Å²) in [6.07, 6.45) is 14.5. The molecule has 28 heavy (non-hydrogen) atoms. The molecule has 0 amide bonds. The number of nitrogens with two attached hydrogens (primary N) is 1. The van der Waals surface area contributed by atoms with Crippen molar-refractivity contribution in [3.05, 3.63) is 35.8 Å². The summed E-state index contributed by atoms with van der Waals surface area (Å²) in [7, 11) is 0. The van der Waals surface area contributed by atoms with Crippen LogP contribution in [-0.4, -0.2) is 39.6 Å². The Bertz CT molecular complexity index is 766. The molecule has 4 rings (SSSR count). The van der Waals surface area contributed by atoms with Crippen LogP contribution < -0.4 is 11.1 Å². The molecule has 4 N–H and O–H groups in total. The van der Waals surface area contributed by atoms with Crippen molar-refractivity contribution in [2.24, 2.45) is 16.6 Å². The van der Waals surface area contributed by atoms with Gasteiger partial charge in [-0.05, 0) is 69.9 Å². The maximum absolute atomic E-state index is 6.52. The number of aliphatic imine (C=N–C) groups is 1. The summed E-state index contributed by atoms with van der Waals surface area (Å²) >= 11 is 0. The summed E-state index contributed by atoms with van der Waals surface area (Å²) < 4.78 is 0. The largest absolute Gasteiger partial charge is 0.356 e. The van der Waals surface area contributed by atoms with Gasteiger partial charge in [-0.15, -0.1) is 0 Å². The quantitative estimate of drug-likeness (QED) is 0.489. The van der Waals surface area contributed by atoms with Gasteiger partial charge in [-0.1, -0.05) is 13.0 Å². The molecule has 1 aliphatic heterocycles. The number of rotatable bonds is 7. The highest BCUT2D eigenvalue weighted by Crippen LogP contribution is 2.44. The lowest BCUT2D eigenvalue weighted by Gasteiger charge is -2.37. The van der Waals surface area contributed by atoms with Crippen molar-refractivity contribution in [3.63, 3.8) is 0 Å². The lowest BCUT2D eigenvalue weighted by atomic mass is 9.89. The van der Waals surface area contributed by atoms with Gasteiger partial charge in [0.2, 0.25) is 0 Å². The molecule has 2 heterocycles. The molecule has 2 aliphatic carbocycles. The Morgan fingerprint density at radius 3 is 2.93 bits per heavy atom. The monoisotopic (exact) mass is 382 g/mol. The molecule has 3 aliphatic rings. The maximum Gasteiger partial charge on any atom is 0.153 e. The minimum absolute atomic E-state index is 0.0817. The van der Waals surface area contributed by atoms with Crippen molar-refractivity contribution in [1.82, 2.24) is 15.1 Å². The predicted molar refractivity (Wildman–Crippen MR) is 115 cm³/mol. The van der Waals surface area contributed by atoms with Gasteiger partial charge in [0.25, 0.3) is 0 Å².